The summed E-state index contributed by atoms with van der Waals surface area (Å²) in [6, 6.07) is 8.88. The highest BCUT2D eigenvalue weighted by atomic mass is 79.9. The Labute approximate surface area is 140 Å². The Kier molecular flexibility index (Phi) is 4.20. The van der Waals surface area contributed by atoms with Gasteiger partial charge in [0.25, 0.3) is 5.91 Å². The fourth-order valence-corrected chi connectivity index (χ4v) is 2.82. The lowest BCUT2D eigenvalue weighted by atomic mass is 10.1. The molecule has 118 valence electrons. The van der Waals surface area contributed by atoms with Crippen molar-refractivity contribution in [2.45, 2.75) is 0 Å². The number of aromatic amines is 1. The zero-order valence-electron chi connectivity index (χ0n) is 12.5. The van der Waals surface area contributed by atoms with Crippen LogP contribution in [0.25, 0.3) is 10.9 Å². The van der Waals surface area contributed by atoms with Crippen LogP contribution in [0.3, 0.4) is 0 Å². The molecule has 0 aliphatic rings. The second kappa shape index (κ2) is 6.29. The fraction of sp³-hybridized carbons (Fsp3) is 0.125. The predicted octanol–water partition coefficient (Wildman–Crippen LogP) is 3.59. The summed E-state index contributed by atoms with van der Waals surface area (Å²) in [6.07, 6.45) is 1.71. The van der Waals surface area contributed by atoms with Crippen molar-refractivity contribution >= 4 is 38.4 Å². The number of nitrogens with one attached hydrogen (secondary N) is 2. The lowest BCUT2D eigenvalue weighted by molar-refractivity contribution is 0.102. The van der Waals surface area contributed by atoms with Gasteiger partial charge in [-0.05, 0) is 34.1 Å². The summed E-state index contributed by atoms with van der Waals surface area (Å²) in [5, 5.41) is 10.7. The standard InChI is InChI=1S/C16H14BrN3O3/c1-22-12-6-10(7-13(23-2)14(12)17)16(21)19-11-5-3-4-9-8-18-20-15(9)11/h3-8H,1-2H3,(H,18,20)(H,19,21). The van der Waals surface area contributed by atoms with Crippen molar-refractivity contribution in [2.24, 2.45) is 0 Å². The Morgan fingerprint density at radius 2 is 1.91 bits per heavy atom. The Bertz CT molecular complexity index is 851. The molecule has 7 heteroatoms. The molecule has 2 aromatic carbocycles. The second-order valence-corrected chi connectivity index (χ2v) is 5.58. The van der Waals surface area contributed by atoms with E-state index in [9.17, 15) is 4.79 Å². The number of anilines is 1. The monoisotopic (exact) mass is 375 g/mol. The molecule has 0 fully saturated rings. The summed E-state index contributed by atoms with van der Waals surface area (Å²) >= 11 is 3.38. The minimum Gasteiger partial charge on any atom is -0.495 e. The molecule has 0 spiro atoms. The van der Waals surface area contributed by atoms with Crippen LogP contribution in [-0.4, -0.2) is 30.3 Å². The van der Waals surface area contributed by atoms with Crippen LogP contribution in [-0.2, 0) is 0 Å². The van der Waals surface area contributed by atoms with Gasteiger partial charge in [-0.25, -0.2) is 0 Å². The lowest BCUT2D eigenvalue weighted by Gasteiger charge is -2.12. The maximum absolute atomic E-state index is 12.6. The molecule has 0 radical (unpaired) electrons. The van der Waals surface area contributed by atoms with Crippen molar-refractivity contribution in [3.8, 4) is 11.5 Å². The van der Waals surface area contributed by atoms with Crippen molar-refractivity contribution in [2.75, 3.05) is 19.5 Å². The SMILES string of the molecule is COc1cc(C(=O)Nc2cccc3cn[nH]c23)cc(OC)c1Br. The van der Waals surface area contributed by atoms with E-state index in [2.05, 4.69) is 31.4 Å². The van der Waals surface area contributed by atoms with E-state index in [1.807, 2.05) is 18.2 Å². The second-order valence-electron chi connectivity index (χ2n) is 4.79. The number of amides is 1. The van der Waals surface area contributed by atoms with Gasteiger partial charge in [0.15, 0.2) is 0 Å². The van der Waals surface area contributed by atoms with Gasteiger partial charge in [0.1, 0.15) is 16.0 Å². The first-order valence-electron chi connectivity index (χ1n) is 6.79. The molecule has 0 atom stereocenters. The summed E-state index contributed by atoms with van der Waals surface area (Å²) in [5.74, 6) is 0.777. The molecule has 1 heterocycles. The molecule has 6 nitrogen and oxygen atoms in total. The van der Waals surface area contributed by atoms with Gasteiger partial charge in [-0.2, -0.15) is 5.10 Å². The summed E-state index contributed by atoms with van der Waals surface area (Å²) in [7, 11) is 3.07. The van der Waals surface area contributed by atoms with Crippen molar-refractivity contribution in [3.05, 3.63) is 46.6 Å². The van der Waals surface area contributed by atoms with Gasteiger partial charge in [-0.15, -0.1) is 0 Å². The van der Waals surface area contributed by atoms with Crippen molar-refractivity contribution in [1.29, 1.82) is 0 Å². The predicted molar refractivity (Wildman–Crippen MR) is 91.3 cm³/mol. The van der Waals surface area contributed by atoms with Gasteiger partial charge in [0.2, 0.25) is 0 Å². The van der Waals surface area contributed by atoms with Gasteiger partial charge in [-0.3, -0.25) is 9.89 Å². The Hall–Kier alpha value is -2.54. The highest BCUT2D eigenvalue weighted by Crippen LogP contribution is 2.36. The summed E-state index contributed by atoms with van der Waals surface area (Å²) in [6.45, 7) is 0. The van der Waals surface area contributed by atoms with Gasteiger partial charge in [0, 0.05) is 10.9 Å². The summed E-state index contributed by atoms with van der Waals surface area (Å²) in [4.78, 5) is 12.6. The Morgan fingerprint density at radius 1 is 1.22 bits per heavy atom. The molecular weight excluding hydrogens is 362 g/mol. The number of benzene rings is 2. The molecule has 3 rings (SSSR count). The van der Waals surface area contributed by atoms with E-state index in [1.54, 1.807) is 18.3 Å². The van der Waals surface area contributed by atoms with Crippen LogP contribution in [0.1, 0.15) is 10.4 Å². The number of carbonyl (C=O) groups excluding carboxylic acids is 1. The fourth-order valence-electron chi connectivity index (χ4n) is 2.27. The zero-order chi connectivity index (χ0) is 16.4. The van der Waals surface area contributed by atoms with Gasteiger partial charge in [-0.1, -0.05) is 12.1 Å². The average Bonchev–Trinajstić information content (AvgIpc) is 3.04. The van der Waals surface area contributed by atoms with Crippen LogP contribution in [0.15, 0.2) is 41.0 Å². The molecule has 1 amide bonds. The number of aromatic nitrogens is 2. The van der Waals surface area contributed by atoms with E-state index < -0.39 is 0 Å². The normalized spacial score (nSPS) is 10.6. The first kappa shape index (κ1) is 15.4. The number of halogens is 1. The number of fused-ring (bicyclic) bond motifs is 1. The molecule has 0 aliphatic carbocycles. The number of para-hydroxylation sites is 1. The average molecular weight is 376 g/mol. The van der Waals surface area contributed by atoms with E-state index in [4.69, 9.17) is 9.47 Å². The van der Waals surface area contributed by atoms with Gasteiger partial charge >= 0.3 is 0 Å². The highest BCUT2D eigenvalue weighted by Gasteiger charge is 2.15. The molecule has 0 saturated heterocycles. The molecule has 0 bridgehead atoms. The molecule has 0 aliphatic heterocycles. The van der Waals surface area contributed by atoms with E-state index in [1.165, 1.54) is 14.2 Å². The number of H-pyrrole nitrogens is 1. The number of hydrogen-bond acceptors (Lipinski definition) is 4. The Morgan fingerprint density at radius 3 is 2.57 bits per heavy atom. The molecular formula is C16H14BrN3O3. The smallest absolute Gasteiger partial charge is 0.255 e. The maximum atomic E-state index is 12.6. The molecule has 0 unspecified atom stereocenters. The first-order chi connectivity index (χ1) is 11.1. The number of carbonyl (C=O) groups is 1. The van der Waals surface area contributed by atoms with Crippen LogP contribution in [0.4, 0.5) is 5.69 Å². The Balaban J connectivity index is 1.96. The van der Waals surface area contributed by atoms with Gasteiger partial charge in [0.05, 0.1) is 31.6 Å². The van der Waals surface area contributed by atoms with E-state index in [-0.39, 0.29) is 5.91 Å². The third kappa shape index (κ3) is 2.87. The summed E-state index contributed by atoms with van der Waals surface area (Å²) in [5.41, 5.74) is 1.86. The van der Waals surface area contributed by atoms with Crippen LogP contribution >= 0.6 is 15.9 Å². The molecule has 2 N–H and O–H groups in total. The highest BCUT2D eigenvalue weighted by molar-refractivity contribution is 9.10. The quantitative estimate of drug-likeness (QED) is 0.730. The van der Waals surface area contributed by atoms with Crippen molar-refractivity contribution in [3.63, 3.8) is 0 Å². The number of ether oxygens (including phenoxy) is 2. The number of methoxy groups -OCH3 is 2. The van der Waals surface area contributed by atoms with E-state index >= 15 is 0 Å². The van der Waals surface area contributed by atoms with Crippen molar-refractivity contribution in [1.82, 2.24) is 10.2 Å². The van der Waals surface area contributed by atoms with Gasteiger partial charge < -0.3 is 14.8 Å². The summed E-state index contributed by atoms with van der Waals surface area (Å²) < 4.78 is 11.2. The number of nitrogens with zero attached hydrogens (tertiary/aromatic N) is 1. The molecule has 0 saturated carbocycles. The van der Waals surface area contributed by atoms with Crippen molar-refractivity contribution < 1.29 is 14.3 Å². The van der Waals surface area contributed by atoms with E-state index in [0.717, 1.165) is 10.9 Å². The topological polar surface area (TPSA) is 76.2 Å². The third-order valence-corrected chi connectivity index (χ3v) is 4.21. The first-order valence-corrected chi connectivity index (χ1v) is 7.58. The molecule has 23 heavy (non-hydrogen) atoms. The number of rotatable bonds is 4. The third-order valence-electron chi connectivity index (χ3n) is 3.43. The minimum atomic E-state index is -0.267. The minimum absolute atomic E-state index is 0.267. The molecule has 1 aromatic heterocycles. The van der Waals surface area contributed by atoms with Crippen LogP contribution < -0.4 is 14.8 Å². The van der Waals surface area contributed by atoms with Crippen LogP contribution in [0.2, 0.25) is 0 Å². The van der Waals surface area contributed by atoms with Crippen LogP contribution in [0.5, 0.6) is 11.5 Å². The lowest BCUT2D eigenvalue weighted by Crippen LogP contribution is -2.12. The molecule has 3 aromatic rings. The van der Waals surface area contributed by atoms with E-state index in [0.29, 0.717) is 27.2 Å². The largest absolute Gasteiger partial charge is 0.495 e. The maximum Gasteiger partial charge on any atom is 0.255 e. The zero-order valence-corrected chi connectivity index (χ0v) is 14.1. The number of hydrogen-bond donors (Lipinski definition) is 2. The van der Waals surface area contributed by atoms with Crippen LogP contribution in [0, 0.1) is 0 Å².